The molecule has 0 aliphatic carbocycles. The lowest BCUT2D eigenvalue weighted by molar-refractivity contribution is -0.122. The van der Waals surface area contributed by atoms with Crippen LogP contribution in [0.5, 0.6) is 0 Å². The van der Waals surface area contributed by atoms with Gasteiger partial charge in [-0.05, 0) is 61.6 Å². The van der Waals surface area contributed by atoms with Gasteiger partial charge in [-0.25, -0.2) is 0 Å². The summed E-state index contributed by atoms with van der Waals surface area (Å²) in [5, 5.41) is 2.84. The Morgan fingerprint density at radius 2 is 1.95 bits per heavy atom. The highest BCUT2D eigenvalue weighted by atomic mass is 127. The second-order valence-electron chi connectivity index (χ2n) is 5.58. The zero-order valence-corrected chi connectivity index (χ0v) is 15.7. The summed E-state index contributed by atoms with van der Waals surface area (Å²) in [4.78, 5) is 25.6. The Kier molecular flexibility index (Phi) is 6.00. The Morgan fingerprint density at radius 1 is 1.35 bits per heavy atom. The van der Waals surface area contributed by atoms with Gasteiger partial charge in [0.25, 0.3) is 5.91 Å². The molecule has 0 atom stereocenters. The molecule has 0 unspecified atom stereocenters. The molecule has 0 bridgehead atoms. The number of hydrogen-bond acceptors (Lipinski definition) is 2. The van der Waals surface area contributed by atoms with Gasteiger partial charge >= 0.3 is 0 Å². The maximum atomic E-state index is 12.3. The number of nitrogens with one attached hydrogen (secondary N) is 1. The smallest absolute Gasteiger partial charge is 0.255 e. The molecular weight excluding hydrogens is 435 g/mol. The number of rotatable bonds is 3. The first kappa shape index (κ1) is 17.4. The topological polar surface area (TPSA) is 49.4 Å². The number of halogens is 2. The summed E-state index contributed by atoms with van der Waals surface area (Å²) >= 11 is 5.46. The number of carbonyl (C=O) groups excluding carboxylic acids is 2. The van der Waals surface area contributed by atoms with Crippen LogP contribution in [0.3, 0.4) is 0 Å². The van der Waals surface area contributed by atoms with Gasteiger partial charge in [0.2, 0.25) is 5.91 Å². The maximum Gasteiger partial charge on any atom is 0.255 e. The summed E-state index contributed by atoms with van der Waals surface area (Å²) in [5.41, 5.74) is 0.288. The highest BCUT2D eigenvalue weighted by Crippen LogP contribution is 2.19. The molecule has 1 N–H and O–H groups in total. The largest absolute Gasteiger partial charge is 0.350 e. The minimum Gasteiger partial charge on any atom is -0.350 e. The van der Waals surface area contributed by atoms with Gasteiger partial charge in [-0.3, -0.25) is 9.59 Å². The molecule has 20 heavy (non-hydrogen) atoms. The van der Waals surface area contributed by atoms with E-state index in [9.17, 15) is 9.59 Å². The van der Waals surface area contributed by atoms with Crippen molar-refractivity contribution < 1.29 is 9.59 Å². The van der Waals surface area contributed by atoms with E-state index in [1.165, 1.54) is 4.90 Å². The quantitative estimate of drug-likeness (QED) is 0.716. The molecule has 0 fully saturated rings. The van der Waals surface area contributed by atoms with E-state index in [0.717, 1.165) is 8.04 Å². The van der Waals surface area contributed by atoms with Gasteiger partial charge in [0.1, 0.15) is 0 Å². The standard InChI is InChI=1S/C14H18BrIN2O2/c1-14(2,3)17-12(19)8-18(4)13(20)10-7-9(15)5-6-11(10)16/h5-7H,8H2,1-4H3,(H,17,19). The zero-order chi connectivity index (χ0) is 15.5. The first-order chi connectivity index (χ1) is 9.10. The van der Waals surface area contributed by atoms with E-state index in [0.29, 0.717) is 5.56 Å². The Bertz CT molecular complexity index is 526. The lowest BCUT2D eigenvalue weighted by Crippen LogP contribution is -2.46. The van der Waals surface area contributed by atoms with Crippen molar-refractivity contribution in [1.82, 2.24) is 10.2 Å². The zero-order valence-electron chi connectivity index (χ0n) is 12.0. The van der Waals surface area contributed by atoms with Gasteiger partial charge in [-0.15, -0.1) is 0 Å². The molecule has 1 rings (SSSR count). The Hall–Kier alpha value is -0.630. The molecular formula is C14H18BrIN2O2. The third kappa shape index (κ3) is 5.40. The fourth-order valence-electron chi connectivity index (χ4n) is 1.61. The van der Waals surface area contributed by atoms with Crippen LogP contribution in [-0.4, -0.2) is 35.8 Å². The third-order valence-electron chi connectivity index (χ3n) is 2.40. The van der Waals surface area contributed by atoms with E-state index in [4.69, 9.17) is 0 Å². The number of amides is 2. The molecule has 0 spiro atoms. The van der Waals surface area contributed by atoms with Crippen molar-refractivity contribution in [3.8, 4) is 0 Å². The average Bonchev–Trinajstić information content (AvgIpc) is 2.28. The molecule has 0 radical (unpaired) electrons. The fourth-order valence-corrected chi connectivity index (χ4v) is 2.54. The molecule has 0 saturated heterocycles. The van der Waals surface area contributed by atoms with Crippen molar-refractivity contribution in [2.75, 3.05) is 13.6 Å². The SMILES string of the molecule is CN(CC(=O)NC(C)(C)C)C(=O)c1cc(Br)ccc1I. The predicted molar refractivity (Wildman–Crippen MR) is 91.7 cm³/mol. The van der Waals surface area contributed by atoms with E-state index in [1.54, 1.807) is 13.1 Å². The number of likely N-dealkylation sites (N-methyl/N-ethyl adjacent to an activating group) is 1. The molecule has 0 saturated carbocycles. The van der Waals surface area contributed by atoms with E-state index >= 15 is 0 Å². The lowest BCUT2D eigenvalue weighted by atomic mass is 10.1. The van der Waals surface area contributed by atoms with Gasteiger partial charge in [-0.2, -0.15) is 0 Å². The van der Waals surface area contributed by atoms with Gasteiger partial charge < -0.3 is 10.2 Å². The van der Waals surface area contributed by atoms with Crippen molar-refractivity contribution in [1.29, 1.82) is 0 Å². The van der Waals surface area contributed by atoms with Crippen LogP contribution in [0.4, 0.5) is 0 Å². The van der Waals surface area contributed by atoms with Gasteiger partial charge in [0.15, 0.2) is 0 Å². The molecule has 2 amide bonds. The van der Waals surface area contributed by atoms with Crippen LogP contribution in [0.2, 0.25) is 0 Å². The number of hydrogen-bond donors (Lipinski definition) is 1. The first-order valence-electron chi connectivity index (χ1n) is 6.11. The van der Waals surface area contributed by atoms with Crippen molar-refractivity contribution in [3.63, 3.8) is 0 Å². The van der Waals surface area contributed by atoms with Gasteiger partial charge in [-0.1, -0.05) is 15.9 Å². The van der Waals surface area contributed by atoms with E-state index in [1.807, 2.05) is 32.9 Å². The molecule has 4 nitrogen and oxygen atoms in total. The summed E-state index contributed by atoms with van der Waals surface area (Å²) in [5.74, 6) is -0.335. The second-order valence-corrected chi connectivity index (χ2v) is 7.66. The highest BCUT2D eigenvalue weighted by molar-refractivity contribution is 14.1. The molecule has 0 aromatic heterocycles. The van der Waals surface area contributed by atoms with E-state index in [-0.39, 0.29) is 23.9 Å². The number of nitrogens with zero attached hydrogens (tertiary/aromatic N) is 1. The molecule has 0 aliphatic heterocycles. The second kappa shape index (κ2) is 6.89. The summed E-state index contributed by atoms with van der Waals surface area (Å²) in [6.07, 6.45) is 0. The minimum absolute atomic E-state index is 0.0404. The maximum absolute atomic E-state index is 12.3. The van der Waals surface area contributed by atoms with Gasteiger partial charge in [0, 0.05) is 20.6 Å². The monoisotopic (exact) mass is 452 g/mol. The Morgan fingerprint density at radius 3 is 2.50 bits per heavy atom. The van der Waals surface area contributed by atoms with Crippen molar-refractivity contribution in [2.45, 2.75) is 26.3 Å². The Balaban J connectivity index is 2.77. The van der Waals surface area contributed by atoms with Crippen LogP contribution in [0, 0.1) is 3.57 Å². The van der Waals surface area contributed by atoms with Crippen molar-refractivity contribution in [2.24, 2.45) is 0 Å². The molecule has 110 valence electrons. The summed E-state index contributed by atoms with van der Waals surface area (Å²) in [6.45, 7) is 5.76. The number of benzene rings is 1. The molecule has 1 aromatic rings. The van der Waals surface area contributed by atoms with Crippen molar-refractivity contribution >= 4 is 50.3 Å². The Labute approximate surface area is 141 Å². The summed E-state index contributed by atoms with van der Waals surface area (Å²) in [7, 11) is 1.63. The highest BCUT2D eigenvalue weighted by Gasteiger charge is 2.20. The fraction of sp³-hybridized carbons (Fsp3) is 0.429. The van der Waals surface area contributed by atoms with Crippen molar-refractivity contribution in [3.05, 3.63) is 31.8 Å². The average molecular weight is 453 g/mol. The summed E-state index contributed by atoms with van der Waals surface area (Å²) in [6, 6.07) is 5.51. The number of carbonyl (C=O) groups is 2. The van der Waals surface area contributed by atoms with Crippen LogP contribution in [-0.2, 0) is 4.79 Å². The summed E-state index contributed by atoms with van der Waals surface area (Å²) < 4.78 is 1.70. The molecule has 1 aromatic carbocycles. The molecule has 6 heteroatoms. The van der Waals surface area contributed by atoms with Crippen LogP contribution >= 0.6 is 38.5 Å². The van der Waals surface area contributed by atoms with Crippen LogP contribution < -0.4 is 5.32 Å². The first-order valence-corrected chi connectivity index (χ1v) is 7.99. The van der Waals surface area contributed by atoms with Crippen LogP contribution in [0.25, 0.3) is 0 Å². The molecule has 0 aliphatic rings. The van der Waals surface area contributed by atoms with Crippen LogP contribution in [0.15, 0.2) is 22.7 Å². The minimum atomic E-state index is -0.300. The van der Waals surface area contributed by atoms with E-state index < -0.39 is 0 Å². The van der Waals surface area contributed by atoms with Crippen LogP contribution in [0.1, 0.15) is 31.1 Å². The third-order valence-corrected chi connectivity index (χ3v) is 3.83. The molecule has 0 heterocycles. The normalized spacial score (nSPS) is 11.1. The van der Waals surface area contributed by atoms with Gasteiger partial charge in [0.05, 0.1) is 12.1 Å². The predicted octanol–water partition coefficient (Wildman–Crippen LogP) is 3.04. The lowest BCUT2D eigenvalue weighted by Gasteiger charge is -2.23. The van der Waals surface area contributed by atoms with E-state index in [2.05, 4.69) is 43.8 Å².